The third-order valence-electron chi connectivity index (χ3n) is 1.69. The van der Waals surface area contributed by atoms with Gasteiger partial charge in [-0.1, -0.05) is 44.0 Å². The van der Waals surface area contributed by atoms with Crippen LogP contribution < -0.4 is 4.74 Å². The van der Waals surface area contributed by atoms with Crippen LogP contribution in [0.4, 0.5) is 0 Å². The van der Waals surface area contributed by atoms with Crippen molar-refractivity contribution >= 4 is 38.1 Å². The summed E-state index contributed by atoms with van der Waals surface area (Å²) in [4.78, 5) is 10.7. The lowest BCUT2D eigenvalue weighted by Crippen LogP contribution is -1.97. The molecule has 1 aromatic carbocycles. The molecule has 0 spiro atoms. The summed E-state index contributed by atoms with van der Waals surface area (Å²) in [5, 5.41) is 0.803. The van der Waals surface area contributed by atoms with Crippen molar-refractivity contribution < 1.29 is 9.53 Å². The molecule has 0 aromatic heterocycles. The highest BCUT2D eigenvalue weighted by Crippen LogP contribution is 2.21. The fourth-order valence-electron chi connectivity index (χ4n) is 1.01. The van der Waals surface area contributed by atoms with E-state index >= 15 is 0 Å². The molecule has 0 saturated heterocycles. The first-order valence-corrected chi connectivity index (χ1v) is 6.28. The van der Waals surface area contributed by atoms with Gasteiger partial charge in [-0.15, -0.1) is 0 Å². The fourth-order valence-corrected chi connectivity index (χ4v) is 1.65. The summed E-state index contributed by atoms with van der Waals surface area (Å²) in [7, 11) is 0. The van der Waals surface area contributed by atoms with Crippen LogP contribution in [-0.2, 0) is 0 Å². The first kappa shape index (κ1) is 12.5. The molecule has 0 N–H and O–H groups in total. The second kappa shape index (κ2) is 6.80. The maximum absolute atomic E-state index is 10.7. The predicted octanol–water partition coefficient (Wildman–Crippen LogP) is 3.59. The molecule has 0 fully saturated rings. The number of halogens is 2. The minimum absolute atomic E-state index is 0.466. The van der Waals surface area contributed by atoms with Crippen LogP contribution in [-0.4, -0.2) is 18.2 Å². The van der Waals surface area contributed by atoms with Gasteiger partial charge in [-0.2, -0.15) is 0 Å². The normalized spacial score (nSPS) is 10.5. The molecule has 0 heterocycles. The summed E-state index contributed by atoms with van der Waals surface area (Å²) in [6.07, 6.45) is 4.62. The van der Waals surface area contributed by atoms with E-state index in [4.69, 9.17) is 4.74 Å². The third kappa shape index (κ3) is 4.18. The smallest absolute Gasteiger partial charge is 0.153 e. The van der Waals surface area contributed by atoms with Crippen molar-refractivity contribution in [2.45, 2.75) is 0 Å². The number of carbonyl (C=O) groups excluding carboxylic acids is 1. The first-order valence-electron chi connectivity index (χ1n) is 4.36. The number of benzene rings is 1. The van der Waals surface area contributed by atoms with E-state index in [0.717, 1.165) is 16.1 Å². The van der Waals surface area contributed by atoms with Crippen molar-refractivity contribution in [3.05, 3.63) is 40.4 Å². The maximum atomic E-state index is 10.7. The van der Waals surface area contributed by atoms with Gasteiger partial charge < -0.3 is 4.74 Å². The average Bonchev–Trinajstić information content (AvgIpc) is 2.26. The molecule has 0 bridgehead atoms. The molecule has 0 aliphatic carbocycles. The van der Waals surface area contributed by atoms with E-state index in [-0.39, 0.29) is 0 Å². The van der Waals surface area contributed by atoms with Gasteiger partial charge >= 0.3 is 0 Å². The number of aldehydes is 1. The lowest BCUT2D eigenvalue weighted by molar-refractivity contribution is 0.112. The Balaban J connectivity index is 2.67. The molecular weight excluding hydrogens is 324 g/mol. The SMILES string of the molecule is O=Cc1cc(Br)ccc1OC/C=C/CBr. The van der Waals surface area contributed by atoms with Crippen LogP contribution in [0.5, 0.6) is 5.75 Å². The number of rotatable bonds is 5. The highest BCUT2D eigenvalue weighted by Gasteiger charge is 2.02. The second-order valence-corrected chi connectivity index (χ2v) is 4.30. The Morgan fingerprint density at radius 3 is 2.80 bits per heavy atom. The Bertz CT molecular complexity index is 362. The van der Waals surface area contributed by atoms with Gasteiger partial charge in [0.05, 0.1) is 5.56 Å². The molecule has 0 amide bonds. The van der Waals surface area contributed by atoms with Gasteiger partial charge in [0.1, 0.15) is 12.4 Å². The van der Waals surface area contributed by atoms with Gasteiger partial charge in [0, 0.05) is 9.80 Å². The van der Waals surface area contributed by atoms with Gasteiger partial charge in [-0.25, -0.2) is 0 Å². The Labute approximate surface area is 106 Å². The summed E-state index contributed by atoms with van der Waals surface area (Å²) in [6.45, 7) is 0.466. The summed E-state index contributed by atoms with van der Waals surface area (Å²) < 4.78 is 6.29. The molecule has 4 heteroatoms. The monoisotopic (exact) mass is 332 g/mol. The van der Waals surface area contributed by atoms with E-state index in [1.807, 2.05) is 18.2 Å². The van der Waals surface area contributed by atoms with Crippen LogP contribution in [0.25, 0.3) is 0 Å². The molecule has 0 atom stereocenters. The highest BCUT2D eigenvalue weighted by atomic mass is 79.9. The van der Waals surface area contributed by atoms with E-state index in [0.29, 0.717) is 17.9 Å². The molecule has 0 aliphatic heterocycles. The molecule has 0 radical (unpaired) electrons. The van der Waals surface area contributed by atoms with E-state index in [1.165, 1.54) is 0 Å². The molecule has 1 rings (SSSR count). The van der Waals surface area contributed by atoms with Gasteiger partial charge in [0.15, 0.2) is 6.29 Å². The van der Waals surface area contributed by atoms with Crippen molar-refractivity contribution in [3.8, 4) is 5.75 Å². The Morgan fingerprint density at radius 1 is 1.33 bits per heavy atom. The highest BCUT2D eigenvalue weighted by molar-refractivity contribution is 9.10. The van der Waals surface area contributed by atoms with Gasteiger partial charge in [-0.3, -0.25) is 4.79 Å². The van der Waals surface area contributed by atoms with E-state index < -0.39 is 0 Å². The third-order valence-corrected chi connectivity index (χ3v) is 2.56. The van der Waals surface area contributed by atoms with Gasteiger partial charge in [-0.05, 0) is 18.2 Å². The Morgan fingerprint density at radius 2 is 2.13 bits per heavy atom. The number of alkyl halides is 1. The molecule has 1 aromatic rings. The Kier molecular flexibility index (Phi) is 5.65. The van der Waals surface area contributed by atoms with Crippen molar-refractivity contribution in [3.63, 3.8) is 0 Å². The quantitative estimate of drug-likeness (QED) is 0.467. The van der Waals surface area contributed by atoms with Crippen molar-refractivity contribution in [2.24, 2.45) is 0 Å². The van der Waals surface area contributed by atoms with E-state index in [9.17, 15) is 4.79 Å². The lowest BCUT2D eigenvalue weighted by atomic mass is 10.2. The zero-order valence-electron chi connectivity index (χ0n) is 7.95. The largest absolute Gasteiger partial charge is 0.489 e. The number of hydrogen-bond donors (Lipinski definition) is 0. The minimum atomic E-state index is 0.466. The van der Waals surface area contributed by atoms with Crippen molar-refractivity contribution in [2.75, 3.05) is 11.9 Å². The summed E-state index contributed by atoms with van der Waals surface area (Å²) in [5.41, 5.74) is 0.552. The minimum Gasteiger partial charge on any atom is -0.489 e. The molecule has 0 aliphatic rings. The molecule has 15 heavy (non-hydrogen) atoms. The molecule has 80 valence electrons. The van der Waals surface area contributed by atoms with E-state index in [1.54, 1.807) is 12.1 Å². The number of ether oxygens (including phenoxy) is 1. The number of hydrogen-bond acceptors (Lipinski definition) is 2. The second-order valence-electron chi connectivity index (χ2n) is 2.74. The summed E-state index contributed by atoms with van der Waals surface area (Å²) in [6, 6.07) is 5.35. The van der Waals surface area contributed by atoms with Crippen LogP contribution in [0.15, 0.2) is 34.8 Å². The van der Waals surface area contributed by atoms with Crippen molar-refractivity contribution in [1.29, 1.82) is 0 Å². The van der Waals surface area contributed by atoms with E-state index in [2.05, 4.69) is 31.9 Å². The van der Waals surface area contributed by atoms with Crippen molar-refractivity contribution in [1.82, 2.24) is 0 Å². The topological polar surface area (TPSA) is 26.3 Å². The Hall–Kier alpha value is -0.610. The zero-order valence-corrected chi connectivity index (χ0v) is 11.1. The molecule has 0 saturated carbocycles. The number of allylic oxidation sites excluding steroid dienone is 1. The molecular formula is C11H10Br2O2. The zero-order chi connectivity index (χ0) is 11.1. The van der Waals surface area contributed by atoms with Crippen LogP contribution in [0, 0.1) is 0 Å². The van der Waals surface area contributed by atoms with Crippen LogP contribution in [0.2, 0.25) is 0 Å². The predicted molar refractivity (Wildman–Crippen MR) is 68.0 cm³/mol. The summed E-state index contributed by atoms with van der Waals surface area (Å²) >= 11 is 6.56. The van der Waals surface area contributed by atoms with Crippen LogP contribution >= 0.6 is 31.9 Å². The fraction of sp³-hybridized carbons (Fsp3) is 0.182. The van der Waals surface area contributed by atoms with Crippen LogP contribution in [0.1, 0.15) is 10.4 Å². The molecule has 0 unspecified atom stereocenters. The lowest BCUT2D eigenvalue weighted by Gasteiger charge is -2.05. The standard InChI is InChI=1S/C11H10Br2O2/c12-5-1-2-6-15-11-4-3-10(13)7-9(11)8-14/h1-4,7-8H,5-6H2/b2-1+. The maximum Gasteiger partial charge on any atom is 0.153 e. The first-order chi connectivity index (χ1) is 7.27. The van der Waals surface area contributed by atoms with Gasteiger partial charge in [0.2, 0.25) is 0 Å². The van der Waals surface area contributed by atoms with Crippen LogP contribution in [0.3, 0.4) is 0 Å². The number of carbonyl (C=O) groups is 1. The average molecular weight is 334 g/mol. The van der Waals surface area contributed by atoms with Gasteiger partial charge in [0.25, 0.3) is 0 Å². The summed E-state index contributed by atoms with van der Waals surface area (Å²) in [5.74, 6) is 0.604. The molecule has 2 nitrogen and oxygen atoms in total.